The molecule has 106 valence electrons. The van der Waals surface area contributed by atoms with E-state index in [2.05, 4.69) is 0 Å². The van der Waals surface area contributed by atoms with Crippen LogP contribution < -0.4 is 0 Å². The first kappa shape index (κ1) is 14.8. The van der Waals surface area contributed by atoms with Crippen molar-refractivity contribution in [3.8, 4) is 0 Å². The van der Waals surface area contributed by atoms with Gasteiger partial charge in [0.1, 0.15) is 0 Å². The average molecular weight is 324 g/mol. The van der Waals surface area contributed by atoms with Crippen molar-refractivity contribution < 1.29 is 16.8 Å². The van der Waals surface area contributed by atoms with Crippen LogP contribution in [0.3, 0.4) is 0 Å². The van der Waals surface area contributed by atoms with Crippen molar-refractivity contribution in [3.05, 3.63) is 29.3 Å². The van der Waals surface area contributed by atoms with Gasteiger partial charge in [0.25, 0.3) is 0 Å². The molecule has 0 amide bonds. The Kier molecular flexibility index (Phi) is 3.92. The number of sulfonamides is 1. The summed E-state index contributed by atoms with van der Waals surface area (Å²) in [5, 5.41) is -0.290. The molecule has 0 N–H and O–H groups in total. The van der Waals surface area contributed by atoms with E-state index in [1.807, 2.05) is 0 Å². The van der Waals surface area contributed by atoms with Crippen LogP contribution in [0.1, 0.15) is 6.42 Å². The summed E-state index contributed by atoms with van der Waals surface area (Å²) in [5.41, 5.74) is 0. The fourth-order valence-electron chi connectivity index (χ4n) is 2.04. The van der Waals surface area contributed by atoms with Gasteiger partial charge in [-0.1, -0.05) is 17.7 Å². The van der Waals surface area contributed by atoms with E-state index in [0.29, 0.717) is 11.4 Å². The van der Waals surface area contributed by atoms with Gasteiger partial charge in [0.2, 0.25) is 10.0 Å². The van der Waals surface area contributed by atoms with Crippen LogP contribution in [0.5, 0.6) is 0 Å². The second-order valence-electron chi connectivity index (χ2n) is 4.56. The second kappa shape index (κ2) is 5.05. The van der Waals surface area contributed by atoms with E-state index in [1.165, 1.54) is 16.4 Å². The number of hydrogen-bond acceptors (Lipinski definition) is 4. The predicted molar refractivity (Wildman–Crippen MR) is 73.5 cm³/mol. The molecule has 8 heteroatoms. The summed E-state index contributed by atoms with van der Waals surface area (Å²) in [5.74, 6) is 0. The van der Waals surface area contributed by atoms with Crippen LogP contribution >= 0.6 is 11.6 Å². The minimum Gasteiger partial charge on any atom is -0.229 e. The van der Waals surface area contributed by atoms with Gasteiger partial charge in [-0.3, -0.25) is 0 Å². The van der Waals surface area contributed by atoms with Crippen molar-refractivity contribution in [2.45, 2.75) is 16.6 Å². The average Bonchev–Trinajstić information content (AvgIpc) is 2.78. The lowest BCUT2D eigenvalue weighted by Crippen LogP contribution is -2.31. The molecular weight excluding hydrogens is 310 g/mol. The molecule has 1 aliphatic heterocycles. The van der Waals surface area contributed by atoms with Crippen LogP contribution in [0.2, 0.25) is 5.02 Å². The standard InChI is InChI=1S/C11H14ClNO4S2/c1-18(14,15)11-5-6-13(8-11)19(16,17)10-4-2-3-9(12)7-10/h2-4,7,11H,5-6,8H2,1H3. The zero-order valence-corrected chi connectivity index (χ0v) is 12.7. The van der Waals surface area contributed by atoms with Gasteiger partial charge < -0.3 is 0 Å². The van der Waals surface area contributed by atoms with E-state index in [1.54, 1.807) is 12.1 Å². The molecule has 0 aliphatic carbocycles. The van der Waals surface area contributed by atoms with Gasteiger partial charge in [-0.05, 0) is 24.6 Å². The lowest BCUT2D eigenvalue weighted by Gasteiger charge is -2.16. The lowest BCUT2D eigenvalue weighted by molar-refractivity contribution is 0.477. The number of benzene rings is 1. The van der Waals surface area contributed by atoms with E-state index in [-0.39, 0.29) is 18.0 Å². The lowest BCUT2D eigenvalue weighted by atomic mass is 10.4. The topological polar surface area (TPSA) is 71.5 Å². The highest BCUT2D eigenvalue weighted by Crippen LogP contribution is 2.25. The summed E-state index contributed by atoms with van der Waals surface area (Å²) in [6.07, 6.45) is 1.46. The van der Waals surface area contributed by atoms with Crippen molar-refractivity contribution >= 4 is 31.5 Å². The molecule has 0 saturated carbocycles. The first-order valence-corrected chi connectivity index (χ1v) is 9.43. The highest BCUT2D eigenvalue weighted by Gasteiger charge is 2.36. The van der Waals surface area contributed by atoms with Crippen LogP contribution in [0.25, 0.3) is 0 Å². The summed E-state index contributed by atoms with van der Waals surface area (Å²) in [6, 6.07) is 5.96. The first-order chi connectivity index (χ1) is 8.71. The SMILES string of the molecule is CS(=O)(=O)C1CCN(S(=O)(=O)c2cccc(Cl)c2)C1. The second-order valence-corrected chi connectivity index (χ2v) is 9.26. The Bertz CT molecular complexity index is 684. The predicted octanol–water partition coefficient (Wildman–Crippen LogP) is 1.15. The zero-order valence-electron chi connectivity index (χ0n) is 10.3. The number of halogens is 1. The fraction of sp³-hybridized carbons (Fsp3) is 0.455. The van der Waals surface area contributed by atoms with Crippen LogP contribution in [0.15, 0.2) is 29.2 Å². The molecule has 19 heavy (non-hydrogen) atoms. The molecular formula is C11H14ClNO4S2. The van der Waals surface area contributed by atoms with Crippen molar-refractivity contribution in [1.29, 1.82) is 0 Å². The summed E-state index contributed by atoms with van der Waals surface area (Å²) in [6.45, 7) is 0.222. The zero-order chi connectivity index (χ0) is 14.3. The normalized spacial score (nSPS) is 21.7. The van der Waals surface area contributed by atoms with Gasteiger partial charge in [0, 0.05) is 24.4 Å². The summed E-state index contributed by atoms with van der Waals surface area (Å²) < 4.78 is 48.8. The Balaban J connectivity index is 2.28. The van der Waals surface area contributed by atoms with Crippen molar-refractivity contribution in [1.82, 2.24) is 4.31 Å². The molecule has 1 saturated heterocycles. The minimum absolute atomic E-state index is 0.00762. The van der Waals surface area contributed by atoms with Gasteiger partial charge in [-0.2, -0.15) is 4.31 Å². The maximum absolute atomic E-state index is 12.3. The Morgan fingerprint density at radius 1 is 1.26 bits per heavy atom. The quantitative estimate of drug-likeness (QED) is 0.836. The largest absolute Gasteiger partial charge is 0.243 e. The highest BCUT2D eigenvalue weighted by atomic mass is 35.5. The number of nitrogens with zero attached hydrogens (tertiary/aromatic N) is 1. The molecule has 0 aromatic heterocycles. The van der Waals surface area contributed by atoms with E-state index >= 15 is 0 Å². The highest BCUT2D eigenvalue weighted by molar-refractivity contribution is 7.91. The molecule has 1 atom stereocenters. The van der Waals surface area contributed by atoms with Gasteiger partial charge in [-0.15, -0.1) is 0 Å². The Labute approximate surface area is 118 Å². The molecule has 0 spiro atoms. The summed E-state index contributed by atoms with van der Waals surface area (Å²) in [7, 11) is -6.89. The van der Waals surface area contributed by atoms with Crippen molar-refractivity contribution in [3.63, 3.8) is 0 Å². The molecule has 5 nitrogen and oxygen atoms in total. The molecule has 0 radical (unpaired) electrons. The van der Waals surface area contributed by atoms with Crippen LogP contribution in [0, 0.1) is 0 Å². The van der Waals surface area contributed by atoms with E-state index < -0.39 is 25.1 Å². The molecule has 1 aliphatic rings. The molecule has 1 fully saturated rings. The van der Waals surface area contributed by atoms with E-state index in [4.69, 9.17) is 11.6 Å². The van der Waals surface area contributed by atoms with Crippen LogP contribution in [-0.2, 0) is 19.9 Å². The Morgan fingerprint density at radius 2 is 1.95 bits per heavy atom. The number of hydrogen-bond donors (Lipinski definition) is 0. The smallest absolute Gasteiger partial charge is 0.229 e. The summed E-state index contributed by atoms with van der Waals surface area (Å²) >= 11 is 5.78. The number of rotatable bonds is 3. The summed E-state index contributed by atoms with van der Waals surface area (Å²) in [4.78, 5) is 0.0918. The first-order valence-electron chi connectivity index (χ1n) is 5.66. The van der Waals surface area contributed by atoms with E-state index in [9.17, 15) is 16.8 Å². The maximum Gasteiger partial charge on any atom is 0.243 e. The molecule has 1 aromatic rings. The van der Waals surface area contributed by atoms with E-state index in [0.717, 1.165) is 6.26 Å². The van der Waals surface area contributed by atoms with Gasteiger partial charge in [0.05, 0.1) is 10.1 Å². The van der Waals surface area contributed by atoms with Gasteiger partial charge in [-0.25, -0.2) is 16.8 Å². The van der Waals surface area contributed by atoms with Gasteiger partial charge in [0.15, 0.2) is 9.84 Å². The third-order valence-corrected chi connectivity index (χ3v) is 6.84. The molecule has 1 heterocycles. The van der Waals surface area contributed by atoms with Crippen LogP contribution in [-0.4, -0.2) is 45.7 Å². The van der Waals surface area contributed by atoms with Crippen LogP contribution in [0.4, 0.5) is 0 Å². The minimum atomic E-state index is -3.67. The monoisotopic (exact) mass is 323 g/mol. The fourth-order valence-corrected chi connectivity index (χ4v) is 4.92. The molecule has 0 bridgehead atoms. The Morgan fingerprint density at radius 3 is 2.47 bits per heavy atom. The number of sulfone groups is 1. The Hall–Kier alpha value is -0.630. The van der Waals surface area contributed by atoms with Crippen molar-refractivity contribution in [2.24, 2.45) is 0 Å². The molecule has 1 aromatic carbocycles. The third-order valence-electron chi connectivity index (χ3n) is 3.15. The molecule has 1 unspecified atom stereocenters. The maximum atomic E-state index is 12.3. The molecule has 2 rings (SSSR count). The van der Waals surface area contributed by atoms with Gasteiger partial charge >= 0.3 is 0 Å². The third kappa shape index (κ3) is 3.10. The van der Waals surface area contributed by atoms with Crippen molar-refractivity contribution in [2.75, 3.05) is 19.3 Å².